The molecule has 0 unspecified atom stereocenters. The SMILES string of the molecule is [BaH2].[I][Hg][I]. The van der Waals surface area contributed by atoms with E-state index in [1.54, 1.807) is 0 Å². The Balaban J connectivity index is 0. The fourth-order valence-corrected chi connectivity index (χ4v) is 0. The van der Waals surface area contributed by atoms with Crippen LogP contribution in [-0.4, -0.2) is 48.9 Å². The van der Waals surface area contributed by atoms with Crippen molar-refractivity contribution in [2.75, 3.05) is 0 Å². The average molecular weight is 594 g/mol. The summed E-state index contributed by atoms with van der Waals surface area (Å²) in [5.41, 5.74) is 0. The van der Waals surface area contributed by atoms with Crippen molar-refractivity contribution in [3.63, 3.8) is 0 Å². The summed E-state index contributed by atoms with van der Waals surface area (Å²) >= 11 is 4.85. The van der Waals surface area contributed by atoms with Gasteiger partial charge in [0, 0.05) is 0 Å². The summed E-state index contributed by atoms with van der Waals surface area (Å²) in [4.78, 5) is 0. The molecule has 0 saturated carbocycles. The van der Waals surface area contributed by atoms with E-state index in [4.69, 9.17) is 0 Å². The summed E-state index contributed by atoms with van der Waals surface area (Å²) in [5, 5.41) is 0. The molecule has 0 aromatic heterocycles. The van der Waals surface area contributed by atoms with E-state index in [0.717, 1.165) is 0 Å². The Kier molecular flexibility index (Phi) is 27.3. The molecule has 0 aliphatic carbocycles. The van der Waals surface area contributed by atoms with Crippen molar-refractivity contribution < 1.29 is 15.9 Å². The van der Waals surface area contributed by atoms with Crippen LogP contribution in [0.25, 0.3) is 0 Å². The molecule has 0 nitrogen and oxygen atoms in total. The second-order valence-corrected chi connectivity index (χ2v) is 39.9. The first-order chi connectivity index (χ1) is 1.41. The molecule has 0 aliphatic rings. The fourth-order valence-electron chi connectivity index (χ4n) is 0. The third-order valence-electron chi connectivity index (χ3n) is 0. The first kappa shape index (κ1) is 10.9. The van der Waals surface area contributed by atoms with E-state index >= 15 is 0 Å². The third kappa shape index (κ3) is 9.35. The van der Waals surface area contributed by atoms with Crippen LogP contribution in [0.5, 0.6) is 0 Å². The first-order valence-electron chi connectivity index (χ1n) is 0.535. The van der Waals surface area contributed by atoms with Crippen LogP contribution in [0.3, 0.4) is 0 Å². The summed E-state index contributed by atoms with van der Waals surface area (Å²) in [6.45, 7) is 0. The molecule has 4 heteroatoms. The Morgan fingerprint density at radius 1 is 1.25 bits per heavy atom. The third-order valence-corrected chi connectivity index (χ3v) is 0. The monoisotopic (exact) mass is 596 g/mol. The van der Waals surface area contributed by atoms with Crippen LogP contribution in [0.15, 0.2) is 0 Å². The van der Waals surface area contributed by atoms with Gasteiger partial charge in [0.2, 0.25) is 0 Å². The van der Waals surface area contributed by atoms with Crippen LogP contribution in [0.1, 0.15) is 0 Å². The number of hydrogen-bond acceptors (Lipinski definition) is 0. The van der Waals surface area contributed by atoms with E-state index in [9.17, 15) is 0 Å². The number of rotatable bonds is 0. The molecule has 0 bridgehead atoms. The van der Waals surface area contributed by atoms with Crippen molar-refractivity contribution in [2.45, 2.75) is 0 Å². The van der Waals surface area contributed by atoms with Crippen LogP contribution in [0, 0.1) is 0 Å². The van der Waals surface area contributed by atoms with Gasteiger partial charge in [0.05, 0.1) is 0 Å². The van der Waals surface area contributed by atoms with E-state index in [0.29, 0.717) is 0 Å². The summed E-state index contributed by atoms with van der Waals surface area (Å²) < 4.78 is 0. The molecule has 0 heterocycles. The van der Waals surface area contributed by atoms with Gasteiger partial charge in [0.25, 0.3) is 0 Å². The average Bonchev–Trinajstić information content (AvgIpc) is 0.918. The van der Waals surface area contributed by atoms with Crippen LogP contribution < -0.4 is 0 Å². The summed E-state index contributed by atoms with van der Waals surface area (Å²) in [7, 11) is 0. The van der Waals surface area contributed by atoms with Crippen molar-refractivity contribution in [1.82, 2.24) is 0 Å². The van der Waals surface area contributed by atoms with Gasteiger partial charge in [-0.05, 0) is 0 Å². The Bertz CT molecular complexity index is 6.00. The van der Waals surface area contributed by atoms with Crippen LogP contribution in [-0.2, 0) is 15.9 Å². The maximum atomic E-state index is 2.50. The normalized spacial score (nSPS) is 2.50. The van der Waals surface area contributed by atoms with Crippen molar-refractivity contribution in [3.8, 4) is 0 Å². The minimum atomic E-state index is -0.143. The molecule has 0 spiro atoms. The zero-order valence-electron chi connectivity index (χ0n) is 1.46. The van der Waals surface area contributed by atoms with Gasteiger partial charge in [0.15, 0.2) is 0 Å². The Labute approximate surface area is 96.5 Å². The van der Waals surface area contributed by atoms with Gasteiger partial charge in [-0.1, -0.05) is 0 Å². The minimum absolute atomic E-state index is 0. The Hall–Kier alpha value is 3.97. The second-order valence-electron chi connectivity index (χ2n) is 0.101. The zero-order chi connectivity index (χ0) is 2.71. The summed E-state index contributed by atoms with van der Waals surface area (Å²) in [6.07, 6.45) is 0. The molecular weight excluding hydrogens is 592 g/mol. The predicted molar refractivity (Wildman–Crippen MR) is 36.6 cm³/mol. The van der Waals surface area contributed by atoms with Crippen LogP contribution in [0.4, 0.5) is 0 Å². The molecule has 20 valence electrons. The first-order valence-corrected chi connectivity index (χ1v) is 31.5. The molecule has 0 aliphatic heterocycles. The molecule has 0 saturated heterocycles. The molecule has 0 atom stereocenters. The molecule has 0 radical (unpaired) electrons. The van der Waals surface area contributed by atoms with Crippen molar-refractivity contribution >= 4 is 84.2 Å². The van der Waals surface area contributed by atoms with E-state index in [1.807, 2.05) is 0 Å². The van der Waals surface area contributed by atoms with Gasteiger partial charge in [-0.3, -0.25) is 0 Å². The van der Waals surface area contributed by atoms with E-state index in [1.165, 1.54) is 0 Å². The van der Waals surface area contributed by atoms with Crippen LogP contribution >= 0.6 is 35.3 Å². The van der Waals surface area contributed by atoms with Crippen molar-refractivity contribution in [1.29, 1.82) is 0 Å². The van der Waals surface area contributed by atoms with Gasteiger partial charge in [0.1, 0.15) is 0 Å². The number of hydrogen-bond donors (Lipinski definition) is 0. The molecule has 0 aromatic carbocycles. The van der Waals surface area contributed by atoms with E-state index in [-0.39, 0.29) is 64.8 Å². The fraction of sp³-hybridized carbons (Fsp3) is 0. The van der Waals surface area contributed by atoms with Gasteiger partial charge in [-0.15, -0.1) is 0 Å². The molecule has 0 N–H and O–H groups in total. The molecular formula is H2BaHgI2. The Morgan fingerprint density at radius 3 is 1.25 bits per heavy atom. The molecule has 4 heavy (non-hydrogen) atoms. The predicted octanol–water partition coefficient (Wildman–Crippen LogP) is 0.853. The van der Waals surface area contributed by atoms with E-state index in [2.05, 4.69) is 35.3 Å². The standard InChI is InChI=1S/Ba.Hg.2HI.2H/h;;2*1H;;/q;+2;;;;/p-2. The van der Waals surface area contributed by atoms with Crippen molar-refractivity contribution in [2.24, 2.45) is 0 Å². The topological polar surface area (TPSA) is 0 Å². The molecule has 0 aromatic rings. The number of halogens is 2. The molecule has 0 amide bonds. The zero-order valence-corrected chi connectivity index (χ0v) is 11.3. The van der Waals surface area contributed by atoms with Gasteiger partial charge in [-0.2, -0.15) is 0 Å². The van der Waals surface area contributed by atoms with Gasteiger partial charge >= 0.3 is 100 Å². The van der Waals surface area contributed by atoms with Crippen LogP contribution in [0.2, 0.25) is 0 Å². The van der Waals surface area contributed by atoms with Crippen molar-refractivity contribution in [3.05, 3.63) is 0 Å². The molecule has 0 fully saturated rings. The second kappa shape index (κ2) is 10.1. The Morgan fingerprint density at radius 2 is 1.25 bits per heavy atom. The summed E-state index contributed by atoms with van der Waals surface area (Å²) in [6, 6.07) is 0. The van der Waals surface area contributed by atoms with Gasteiger partial charge < -0.3 is 0 Å². The molecule has 0 rings (SSSR count). The quantitative estimate of drug-likeness (QED) is 0.289. The summed E-state index contributed by atoms with van der Waals surface area (Å²) in [5.74, 6) is 0. The van der Waals surface area contributed by atoms with Gasteiger partial charge in [-0.25, -0.2) is 0 Å². The van der Waals surface area contributed by atoms with E-state index < -0.39 is 0 Å². The maximum absolute atomic E-state index is 2.50.